The highest BCUT2D eigenvalue weighted by atomic mass is 32.2. The summed E-state index contributed by atoms with van der Waals surface area (Å²) in [7, 11) is -3.74. The third kappa shape index (κ3) is 4.38. The van der Waals surface area contributed by atoms with Crippen molar-refractivity contribution in [2.45, 2.75) is 24.7 Å². The quantitative estimate of drug-likeness (QED) is 0.633. The molecule has 1 aromatic carbocycles. The summed E-state index contributed by atoms with van der Waals surface area (Å²) in [6, 6.07) is 4.40. The molecule has 0 bridgehead atoms. The van der Waals surface area contributed by atoms with Gasteiger partial charge in [0.1, 0.15) is 0 Å². The van der Waals surface area contributed by atoms with Crippen LogP contribution in [0, 0.1) is 0 Å². The summed E-state index contributed by atoms with van der Waals surface area (Å²) in [6.45, 7) is 3.31. The number of hydrogen-bond acceptors (Lipinski definition) is 5. The molecular formula is C12H21N3O3S. The number of nitrogen functional groups attached to an aromatic ring is 1. The molecule has 6 nitrogen and oxygen atoms in total. The van der Waals surface area contributed by atoms with Crippen molar-refractivity contribution >= 4 is 21.4 Å². The first kappa shape index (κ1) is 15.7. The van der Waals surface area contributed by atoms with Crippen LogP contribution in [0.1, 0.15) is 19.8 Å². The Kier molecular flexibility index (Phi) is 5.59. The van der Waals surface area contributed by atoms with Crippen molar-refractivity contribution in [2.75, 3.05) is 30.3 Å². The Morgan fingerprint density at radius 1 is 1.32 bits per heavy atom. The summed E-state index contributed by atoms with van der Waals surface area (Å²) < 4.78 is 22.5. The van der Waals surface area contributed by atoms with Gasteiger partial charge in [0.15, 0.2) is 0 Å². The lowest BCUT2D eigenvalue weighted by Crippen LogP contribution is -2.28. The van der Waals surface area contributed by atoms with Gasteiger partial charge in [-0.2, -0.15) is 0 Å². The maximum absolute atomic E-state index is 11.2. The van der Waals surface area contributed by atoms with E-state index in [9.17, 15) is 8.42 Å². The van der Waals surface area contributed by atoms with E-state index < -0.39 is 10.0 Å². The van der Waals surface area contributed by atoms with Crippen LogP contribution in [-0.4, -0.2) is 33.2 Å². The molecule has 7 heteroatoms. The van der Waals surface area contributed by atoms with E-state index >= 15 is 0 Å². The Morgan fingerprint density at radius 2 is 2.00 bits per heavy atom. The molecule has 0 aliphatic heterocycles. The molecule has 0 heterocycles. The predicted molar refractivity (Wildman–Crippen MR) is 76.4 cm³/mol. The van der Waals surface area contributed by atoms with E-state index in [1.807, 2.05) is 4.90 Å². The van der Waals surface area contributed by atoms with Gasteiger partial charge in [0.25, 0.3) is 0 Å². The smallest absolute Gasteiger partial charge is 0.238 e. The fraction of sp³-hybridized carbons (Fsp3) is 0.500. The molecule has 0 atom stereocenters. The number of nitrogens with two attached hydrogens (primary N) is 2. The number of aliphatic hydroxyl groups is 1. The van der Waals surface area contributed by atoms with E-state index in [0.29, 0.717) is 12.2 Å². The molecule has 0 radical (unpaired) electrons. The van der Waals surface area contributed by atoms with Gasteiger partial charge >= 0.3 is 0 Å². The Morgan fingerprint density at radius 3 is 2.47 bits per heavy atom. The van der Waals surface area contributed by atoms with Crippen molar-refractivity contribution in [3.63, 3.8) is 0 Å². The van der Waals surface area contributed by atoms with Crippen LogP contribution in [0.15, 0.2) is 23.1 Å². The first-order chi connectivity index (χ1) is 8.90. The summed E-state index contributed by atoms with van der Waals surface area (Å²) >= 11 is 0. The van der Waals surface area contributed by atoms with Gasteiger partial charge in [-0.25, -0.2) is 13.6 Å². The highest BCUT2D eigenvalue weighted by Crippen LogP contribution is 2.26. The highest BCUT2D eigenvalue weighted by molar-refractivity contribution is 7.89. The van der Waals surface area contributed by atoms with Crippen molar-refractivity contribution in [1.29, 1.82) is 0 Å². The monoisotopic (exact) mass is 287 g/mol. The highest BCUT2D eigenvalue weighted by Gasteiger charge is 2.13. The number of anilines is 2. The molecule has 0 aliphatic rings. The summed E-state index contributed by atoms with van der Waals surface area (Å²) in [6.07, 6.45) is 1.99. The van der Waals surface area contributed by atoms with Gasteiger partial charge in [0, 0.05) is 13.1 Å². The van der Waals surface area contributed by atoms with Gasteiger partial charge in [-0.3, -0.25) is 0 Å². The fourth-order valence-electron chi connectivity index (χ4n) is 1.82. The number of benzene rings is 1. The third-order valence-electron chi connectivity index (χ3n) is 2.82. The zero-order chi connectivity index (χ0) is 14.5. The van der Waals surface area contributed by atoms with E-state index in [1.165, 1.54) is 12.1 Å². The number of nitrogens with zero attached hydrogens (tertiary/aromatic N) is 1. The fourth-order valence-corrected chi connectivity index (χ4v) is 2.37. The minimum atomic E-state index is -3.74. The van der Waals surface area contributed by atoms with Crippen LogP contribution in [0.5, 0.6) is 0 Å². The maximum Gasteiger partial charge on any atom is 0.238 e. The van der Waals surface area contributed by atoms with Crippen molar-refractivity contribution in [1.82, 2.24) is 0 Å². The lowest BCUT2D eigenvalue weighted by Gasteiger charge is -2.25. The normalized spacial score (nSPS) is 11.5. The average Bonchev–Trinajstić information content (AvgIpc) is 2.33. The maximum atomic E-state index is 11.2. The van der Waals surface area contributed by atoms with E-state index in [4.69, 9.17) is 16.0 Å². The molecule has 0 saturated heterocycles. The molecule has 0 fully saturated rings. The van der Waals surface area contributed by atoms with Gasteiger partial charge < -0.3 is 15.7 Å². The SMILES string of the molecule is CCCCN(CCO)c1ccc(S(N)(=O)=O)cc1N. The Bertz CT molecular complexity index is 517. The number of sulfonamides is 1. The van der Waals surface area contributed by atoms with Crippen LogP contribution >= 0.6 is 0 Å². The second-order valence-electron chi connectivity index (χ2n) is 4.33. The van der Waals surface area contributed by atoms with Gasteiger partial charge in [0.2, 0.25) is 10.0 Å². The molecule has 0 spiro atoms. The number of unbranched alkanes of at least 4 members (excludes halogenated alkanes) is 1. The molecule has 0 aliphatic carbocycles. The van der Waals surface area contributed by atoms with Crippen LogP contribution < -0.4 is 15.8 Å². The number of hydrogen-bond donors (Lipinski definition) is 3. The van der Waals surface area contributed by atoms with Crippen LogP contribution in [-0.2, 0) is 10.0 Å². The lowest BCUT2D eigenvalue weighted by atomic mass is 10.2. The number of aliphatic hydroxyl groups excluding tert-OH is 1. The van der Waals surface area contributed by atoms with E-state index in [-0.39, 0.29) is 11.5 Å². The Balaban J connectivity index is 3.04. The molecule has 1 aromatic rings. The van der Waals surface area contributed by atoms with Crippen LogP contribution in [0.3, 0.4) is 0 Å². The van der Waals surface area contributed by atoms with Crippen molar-refractivity contribution in [2.24, 2.45) is 5.14 Å². The van der Waals surface area contributed by atoms with E-state index in [0.717, 1.165) is 25.1 Å². The summed E-state index contributed by atoms with van der Waals surface area (Å²) in [4.78, 5) is 1.93. The lowest BCUT2D eigenvalue weighted by molar-refractivity contribution is 0.301. The standard InChI is InChI=1S/C12H21N3O3S/c1-2-3-6-15(7-8-16)12-5-4-10(9-11(12)13)19(14,17)18/h4-5,9,16H,2-3,6-8,13H2,1H3,(H2,14,17,18). The molecule has 0 saturated carbocycles. The summed E-state index contributed by atoms with van der Waals surface area (Å²) in [5, 5.41) is 14.1. The minimum absolute atomic E-state index is 0.00631. The zero-order valence-corrected chi connectivity index (χ0v) is 11.9. The van der Waals surface area contributed by atoms with Crippen LogP contribution in [0.2, 0.25) is 0 Å². The second-order valence-corrected chi connectivity index (χ2v) is 5.89. The van der Waals surface area contributed by atoms with Gasteiger partial charge in [-0.05, 0) is 24.6 Å². The topological polar surface area (TPSA) is 110 Å². The van der Waals surface area contributed by atoms with Gasteiger partial charge in [0.05, 0.1) is 22.9 Å². The van der Waals surface area contributed by atoms with Crippen molar-refractivity contribution < 1.29 is 13.5 Å². The molecule has 108 valence electrons. The molecule has 0 aromatic heterocycles. The summed E-state index contributed by atoms with van der Waals surface area (Å²) in [5.74, 6) is 0. The third-order valence-corrected chi connectivity index (χ3v) is 3.73. The van der Waals surface area contributed by atoms with Crippen molar-refractivity contribution in [3.05, 3.63) is 18.2 Å². The molecule has 0 amide bonds. The van der Waals surface area contributed by atoms with E-state index in [1.54, 1.807) is 6.07 Å². The Hall–Kier alpha value is -1.31. The molecule has 1 rings (SSSR count). The van der Waals surface area contributed by atoms with Gasteiger partial charge in [-0.1, -0.05) is 13.3 Å². The first-order valence-corrected chi connectivity index (χ1v) is 7.73. The average molecular weight is 287 g/mol. The van der Waals surface area contributed by atoms with Gasteiger partial charge in [-0.15, -0.1) is 0 Å². The molecule has 5 N–H and O–H groups in total. The van der Waals surface area contributed by atoms with E-state index in [2.05, 4.69) is 6.92 Å². The predicted octanol–water partition coefficient (Wildman–Crippen LogP) is 0.515. The minimum Gasteiger partial charge on any atom is -0.397 e. The van der Waals surface area contributed by atoms with Crippen LogP contribution in [0.4, 0.5) is 11.4 Å². The van der Waals surface area contributed by atoms with Crippen LogP contribution in [0.25, 0.3) is 0 Å². The van der Waals surface area contributed by atoms with Crippen molar-refractivity contribution in [3.8, 4) is 0 Å². The zero-order valence-electron chi connectivity index (χ0n) is 11.0. The molecule has 19 heavy (non-hydrogen) atoms. The molecule has 0 unspecified atom stereocenters. The molecular weight excluding hydrogens is 266 g/mol. The first-order valence-electron chi connectivity index (χ1n) is 6.18. The number of primary sulfonamides is 1. The summed E-state index contributed by atoms with van der Waals surface area (Å²) in [5.41, 5.74) is 6.94. The largest absolute Gasteiger partial charge is 0.397 e. The Labute approximate surface area is 114 Å². The second kappa shape index (κ2) is 6.74. The number of rotatable bonds is 7.